The maximum Gasteiger partial charge on any atom is 0.259 e. The second-order valence-corrected chi connectivity index (χ2v) is 7.82. The van der Waals surface area contributed by atoms with Gasteiger partial charge in [0.1, 0.15) is 22.8 Å². The van der Waals surface area contributed by atoms with Crippen LogP contribution in [0.25, 0.3) is 16.1 Å². The predicted molar refractivity (Wildman–Crippen MR) is 123 cm³/mol. The molecule has 3 aromatic rings. The standard InChI is InChI=1S/C23H22ClN5O3/c1-14-21(22(27-32-14)15-6-4-5-7-20(15)31-3)23(30)29-10-8-28(9-11-29)19-13-17(25)16(24)12-18(19)26-2/h4-7,12-13H,8-11,25H2,1,3H3. The molecular formula is C23H22ClN5O3. The maximum atomic E-state index is 13.4. The van der Waals surface area contributed by atoms with Gasteiger partial charge in [0, 0.05) is 43.1 Å². The Balaban J connectivity index is 1.56. The first-order valence-corrected chi connectivity index (χ1v) is 10.4. The molecule has 9 heteroatoms. The Bertz CT molecular complexity index is 1210. The van der Waals surface area contributed by atoms with Gasteiger partial charge in [-0.25, -0.2) is 4.85 Å². The lowest BCUT2D eigenvalue weighted by Gasteiger charge is -2.36. The van der Waals surface area contributed by atoms with Gasteiger partial charge >= 0.3 is 0 Å². The van der Waals surface area contributed by atoms with Crippen LogP contribution in [-0.2, 0) is 0 Å². The number of para-hydroxylation sites is 1. The summed E-state index contributed by atoms with van der Waals surface area (Å²) in [7, 11) is 1.58. The monoisotopic (exact) mass is 451 g/mol. The number of halogens is 1. The number of methoxy groups -OCH3 is 1. The third-order valence-corrected chi connectivity index (χ3v) is 5.89. The lowest BCUT2D eigenvalue weighted by Crippen LogP contribution is -2.49. The van der Waals surface area contributed by atoms with Gasteiger partial charge in [0.05, 0.1) is 18.7 Å². The Labute approximate surface area is 190 Å². The lowest BCUT2D eigenvalue weighted by atomic mass is 10.0. The number of benzene rings is 2. The van der Waals surface area contributed by atoms with Crippen molar-refractivity contribution in [3.8, 4) is 17.0 Å². The number of anilines is 2. The molecule has 0 atom stereocenters. The van der Waals surface area contributed by atoms with E-state index in [9.17, 15) is 4.79 Å². The molecule has 0 radical (unpaired) electrons. The topological polar surface area (TPSA) is 89.2 Å². The van der Waals surface area contributed by atoms with Crippen molar-refractivity contribution < 1.29 is 14.1 Å². The molecule has 2 aromatic carbocycles. The van der Waals surface area contributed by atoms with E-state index < -0.39 is 0 Å². The van der Waals surface area contributed by atoms with Crippen LogP contribution in [-0.4, -0.2) is 49.3 Å². The number of nitrogens with zero attached hydrogens (tertiary/aromatic N) is 4. The van der Waals surface area contributed by atoms with Crippen molar-refractivity contribution in [3.63, 3.8) is 0 Å². The van der Waals surface area contributed by atoms with Crippen molar-refractivity contribution in [2.45, 2.75) is 6.92 Å². The molecule has 2 N–H and O–H groups in total. The van der Waals surface area contributed by atoms with E-state index in [2.05, 4.69) is 10.0 Å². The van der Waals surface area contributed by atoms with Gasteiger partial charge in [0.25, 0.3) is 5.91 Å². The molecule has 2 heterocycles. The van der Waals surface area contributed by atoms with Crippen LogP contribution < -0.4 is 15.4 Å². The van der Waals surface area contributed by atoms with Crippen LogP contribution in [0.15, 0.2) is 40.9 Å². The molecule has 1 aromatic heterocycles. The largest absolute Gasteiger partial charge is 0.496 e. The number of carbonyl (C=O) groups is 1. The molecule has 0 bridgehead atoms. The maximum absolute atomic E-state index is 13.4. The van der Waals surface area contributed by atoms with E-state index in [-0.39, 0.29) is 5.91 Å². The minimum Gasteiger partial charge on any atom is -0.496 e. The summed E-state index contributed by atoms with van der Waals surface area (Å²) in [5.74, 6) is 0.927. The Morgan fingerprint density at radius 2 is 1.97 bits per heavy atom. The zero-order chi connectivity index (χ0) is 22.8. The fourth-order valence-corrected chi connectivity index (χ4v) is 4.02. The number of carbonyl (C=O) groups excluding carboxylic acids is 1. The highest BCUT2D eigenvalue weighted by Gasteiger charge is 2.30. The van der Waals surface area contributed by atoms with Gasteiger partial charge in [-0.05, 0) is 31.2 Å². The summed E-state index contributed by atoms with van der Waals surface area (Å²) >= 11 is 6.06. The molecule has 8 nitrogen and oxygen atoms in total. The summed E-state index contributed by atoms with van der Waals surface area (Å²) in [5.41, 5.74) is 9.14. The minimum atomic E-state index is -0.148. The first-order valence-electron chi connectivity index (χ1n) is 10.0. The first kappa shape index (κ1) is 21.5. The van der Waals surface area contributed by atoms with E-state index >= 15 is 0 Å². The van der Waals surface area contributed by atoms with E-state index in [0.717, 1.165) is 5.69 Å². The van der Waals surface area contributed by atoms with Crippen molar-refractivity contribution in [2.75, 3.05) is 43.9 Å². The summed E-state index contributed by atoms with van der Waals surface area (Å²) in [4.78, 5) is 20.8. The average Bonchev–Trinajstić information content (AvgIpc) is 3.21. The van der Waals surface area contributed by atoms with Crippen LogP contribution in [0.3, 0.4) is 0 Å². The molecular weight excluding hydrogens is 430 g/mol. The fraction of sp³-hybridized carbons (Fsp3) is 0.261. The first-order chi connectivity index (χ1) is 15.4. The van der Waals surface area contributed by atoms with Gasteiger partial charge in [-0.15, -0.1) is 0 Å². The molecule has 1 fully saturated rings. The van der Waals surface area contributed by atoms with Gasteiger partial charge in [-0.3, -0.25) is 4.79 Å². The summed E-state index contributed by atoms with van der Waals surface area (Å²) in [6.07, 6.45) is 0. The highest BCUT2D eigenvalue weighted by atomic mass is 35.5. The number of aromatic nitrogens is 1. The number of aryl methyl sites for hydroxylation is 1. The van der Waals surface area contributed by atoms with Crippen LogP contribution in [0.5, 0.6) is 5.75 Å². The van der Waals surface area contributed by atoms with Gasteiger partial charge < -0.3 is 24.8 Å². The number of nitrogen functional groups attached to an aromatic ring is 1. The zero-order valence-corrected chi connectivity index (χ0v) is 18.5. The van der Waals surface area contributed by atoms with Crippen molar-refractivity contribution in [2.24, 2.45) is 0 Å². The summed E-state index contributed by atoms with van der Waals surface area (Å²) < 4.78 is 10.8. The molecule has 1 saturated heterocycles. The highest BCUT2D eigenvalue weighted by molar-refractivity contribution is 6.33. The Kier molecular flexibility index (Phi) is 5.93. The molecule has 0 aliphatic carbocycles. The van der Waals surface area contributed by atoms with Crippen molar-refractivity contribution in [1.82, 2.24) is 10.1 Å². The number of hydrogen-bond donors (Lipinski definition) is 1. The van der Waals surface area contributed by atoms with Crippen molar-refractivity contribution >= 4 is 34.6 Å². The smallest absolute Gasteiger partial charge is 0.259 e. The van der Waals surface area contributed by atoms with Crippen LogP contribution in [0, 0.1) is 13.5 Å². The molecule has 164 valence electrons. The second kappa shape index (κ2) is 8.81. The predicted octanol–water partition coefficient (Wildman–Crippen LogP) is 4.41. The second-order valence-electron chi connectivity index (χ2n) is 7.42. The normalized spacial score (nSPS) is 13.7. The number of amides is 1. The third-order valence-electron chi connectivity index (χ3n) is 5.56. The Morgan fingerprint density at radius 1 is 1.25 bits per heavy atom. The summed E-state index contributed by atoms with van der Waals surface area (Å²) in [6.45, 7) is 11.3. The van der Waals surface area contributed by atoms with Crippen LogP contribution in [0.4, 0.5) is 17.1 Å². The van der Waals surface area contributed by atoms with Crippen LogP contribution >= 0.6 is 11.6 Å². The molecule has 0 unspecified atom stereocenters. The van der Waals surface area contributed by atoms with E-state index in [0.29, 0.717) is 70.9 Å². The van der Waals surface area contributed by atoms with Gasteiger partial charge in [0.15, 0.2) is 0 Å². The van der Waals surface area contributed by atoms with E-state index in [1.54, 1.807) is 31.1 Å². The molecule has 0 spiro atoms. The van der Waals surface area contributed by atoms with Crippen molar-refractivity contribution in [3.05, 3.63) is 64.2 Å². The highest BCUT2D eigenvalue weighted by Crippen LogP contribution is 2.37. The molecule has 1 aliphatic rings. The molecule has 4 rings (SSSR count). The van der Waals surface area contributed by atoms with Crippen LogP contribution in [0.2, 0.25) is 5.02 Å². The summed E-state index contributed by atoms with van der Waals surface area (Å²) in [6, 6.07) is 10.7. The fourth-order valence-electron chi connectivity index (χ4n) is 3.87. The Hall–Kier alpha value is -3.70. The number of rotatable bonds is 4. The van der Waals surface area contributed by atoms with Gasteiger partial charge in [0.2, 0.25) is 5.69 Å². The third kappa shape index (κ3) is 3.83. The van der Waals surface area contributed by atoms with E-state index in [1.807, 2.05) is 29.2 Å². The molecule has 1 amide bonds. The number of piperazine rings is 1. The van der Waals surface area contributed by atoms with Gasteiger partial charge in [-0.2, -0.15) is 0 Å². The quantitative estimate of drug-likeness (QED) is 0.467. The van der Waals surface area contributed by atoms with Crippen molar-refractivity contribution in [1.29, 1.82) is 0 Å². The average molecular weight is 452 g/mol. The Morgan fingerprint density at radius 3 is 2.66 bits per heavy atom. The lowest BCUT2D eigenvalue weighted by molar-refractivity contribution is 0.0745. The van der Waals surface area contributed by atoms with E-state index in [4.69, 9.17) is 33.2 Å². The molecule has 32 heavy (non-hydrogen) atoms. The molecule has 1 aliphatic heterocycles. The molecule has 0 saturated carbocycles. The zero-order valence-electron chi connectivity index (χ0n) is 17.8. The van der Waals surface area contributed by atoms with Crippen LogP contribution in [0.1, 0.15) is 16.1 Å². The minimum absolute atomic E-state index is 0.148. The summed E-state index contributed by atoms with van der Waals surface area (Å²) in [5, 5.41) is 4.50. The van der Waals surface area contributed by atoms with E-state index in [1.165, 1.54) is 0 Å². The SMILES string of the molecule is [C-]#[N+]c1cc(Cl)c(N)cc1N1CCN(C(=O)c2c(-c3ccccc3OC)noc2C)CC1. The number of hydrogen-bond acceptors (Lipinski definition) is 6. The van der Waals surface area contributed by atoms with Gasteiger partial charge in [-0.1, -0.05) is 28.9 Å². The number of ether oxygens (including phenoxy) is 1. The number of nitrogens with two attached hydrogens (primary N) is 1.